The Labute approximate surface area is 163 Å². The zero-order valence-electron chi connectivity index (χ0n) is 12.0. The molecular weight excluding hydrogens is 473 g/mol. The fraction of sp³-hybridized carbons (Fsp3) is 0.231. The highest BCUT2D eigenvalue weighted by Crippen LogP contribution is 2.28. The lowest BCUT2D eigenvalue weighted by molar-refractivity contribution is 0.164. The third kappa shape index (κ3) is 5.16. The van der Waals surface area contributed by atoms with E-state index in [0.29, 0.717) is 12.1 Å². The van der Waals surface area contributed by atoms with E-state index in [1.54, 1.807) is 0 Å². The summed E-state index contributed by atoms with van der Waals surface area (Å²) in [5, 5.41) is 6.17. The van der Waals surface area contributed by atoms with Crippen LogP contribution >= 0.6 is 50.7 Å². The van der Waals surface area contributed by atoms with Gasteiger partial charge in [-0.3, -0.25) is 5.32 Å². The predicted octanol–water partition coefficient (Wildman–Crippen LogP) is 5.10. The zero-order chi connectivity index (χ0) is 18.8. The van der Waals surface area contributed by atoms with Gasteiger partial charge in [-0.05, 0) is 0 Å². The third-order valence-corrected chi connectivity index (χ3v) is 3.65. The molecule has 2 rings (SSSR count). The first-order chi connectivity index (χ1) is 11.6. The van der Waals surface area contributed by atoms with Gasteiger partial charge in [-0.25, -0.2) is 22.6 Å². The fourth-order valence-electron chi connectivity index (χ4n) is 1.83. The van der Waals surface area contributed by atoms with Crippen LogP contribution in [0.25, 0.3) is 5.69 Å². The molecule has 1 aromatic heterocycles. The zero-order valence-corrected chi connectivity index (χ0v) is 15.9. The highest BCUT2D eigenvalue weighted by Gasteiger charge is 2.24. The normalized spacial score (nSPS) is 11.5. The molecule has 136 valence electrons. The Hall–Kier alpha value is -1.16. The van der Waals surface area contributed by atoms with Crippen molar-refractivity contribution < 1.29 is 22.7 Å². The monoisotopic (exact) mass is 479 g/mol. The van der Waals surface area contributed by atoms with Crippen LogP contribution in [0.1, 0.15) is 5.69 Å². The van der Waals surface area contributed by atoms with Crippen LogP contribution in [-0.2, 0) is 10.1 Å². The van der Waals surface area contributed by atoms with Crippen molar-refractivity contribution in [2.45, 2.75) is 9.12 Å². The molecule has 0 aliphatic rings. The molecule has 0 saturated carbocycles. The summed E-state index contributed by atoms with van der Waals surface area (Å²) in [5.41, 5.74) is -0.330. The van der Waals surface area contributed by atoms with Crippen molar-refractivity contribution in [2.75, 3.05) is 11.9 Å². The molecule has 25 heavy (non-hydrogen) atoms. The summed E-state index contributed by atoms with van der Waals surface area (Å²) in [7, 11) is 0. The predicted molar refractivity (Wildman–Crippen MR) is 91.3 cm³/mol. The number of anilines is 1. The number of carbonyl (C=O) groups excluding carboxylic acids is 1. The van der Waals surface area contributed by atoms with Crippen LogP contribution in [-0.4, -0.2) is 26.3 Å². The molecule has 0 spiro atoms. The van der Waals surface area contributed by atoms with E-state index in [-0.39, 0.29) is 16.7 Å². The molecule has 0 unspecified atom stereocenters. The molecule has 0 fully saturated rings. The van der Waals surface area contributed by atoms with E-state index in [4.69, 9.17) is 39.5 Å². The minimum atomic E-state index is -1.79. The maximum atomic E-state index is 13.9. The van der Waals surface area contributed by atoms with Gasteiger partial charge in [0.05, 0.1) is 17.6 Å². The maximum absolute atomic E-state index is 13.9. The molecule has 2 aromatic rings. The van der Waals surface area contributed by atoms with Gasteiger partial charge in [0.25, 0.3) is 0 Å². The van der Waals surface area contributed by atoms with Crippen molar-refractivity contribution in [3.63, 3.8) is 0 Å². The minimum Gasteiger partial charge on any atom is -0.445 e. The Bertz CT molecular complexity index is 776. The Morgan fingerprint density at radius 1 is 1.28 bits per heavy atom. The van der Waals surface area contributed by atoms with E-state index in [0.717, 1.165) is 10.9 Å². The molecule has 0 atom stereocenters. The maximum Gasteiger partial charge on any atom is 0.411 e. The number of hydrogen-bond acceptors (Lipinski definition) is 3. The van der Waals surface area contributed by atoms with Gasteiger partial charge in [-0.15, -0.1) is 0 Å². The van der Waals surface area contributed by atoms with Crippen molar-refractivity contribution in [3.05, 3.63) is 41.5 Å². The summed E-state index contributed by atoms with van der Waals surface area (Å²) < 4.78 is 44.7. The highest BCUT2D eigenvalue weighted by molar-refractivity contribution is 9.08. The molecule has 1 amide bonds. The van der Waals surface area contributed by atoms with E-state index >= 15 is 0 Å². The number of amides is 1. The molecule has 0 bridgehead atoms. The number of alkyl halides is 4. The van der Waals surface area contributed by atoms with Crippen LogP contribution in [0.3, 0.4) is 0 Å². The molecule has 0 aliphatic heterocycles. The Morgan fingerprint density at radius 3 is 2.40 bits per heavy atom. The van der Waals surface area contributed by atoms with Gasteiger partial charge in [0.1, 0.15) is 18.1 Å². The largest absolute Gasteiger partial charge is 0.445 e. The lowest BCUT2D eigenvalue weighted by Crippen LogP contribution is -2.21. The molecule has 0 radical (unpaired) electrons. The van der Waals surface area contributed by atoms with Crippen LogP contribution in [0.4, 0.5) is 23.7 Å². The van der Waals surface area contributed by atoms with Gasteiger partial charge in [0.2, 0.25) is 3.79 Å². The van der Waals surface area contributed by atoms with E-state index < -0.39 is 39.6 Å². The molecule has 1 aromatic carbocycles. The summed E-state index contributed by atoms with van der Waals surface area (Å²) in [6.45, 7) is -0.511. The van der Waals surface area contributed by atoms with Crippen molar-refractivity contribution in [3.8, 4) is 5.69 Å². The second-order valence-electron chi connectivity index (χ2n) is 4.58. The van der Waals surface area contributed by atoms with Gasteiger partial charge in [0.15, 0.2) is 11.6 Å². The second kappa shape index (κ2) is 8.03. The first kappa shape index (κ1) is 20.2. The highest BCUT2D eigenvalue weighted by atomic mass is 79.9. The van der Waals surface area contributed by atoms with E-state index in [1.165, 1.54) is 0 Å². The standard InChI is InChI=1S/C13H8BrCl3F3N3O2/c14-3-10-9(22-12(24)25-5-13(15,16)17)4-21-23(10)11-7(19)1-6(18)2-8(11)20/h1-2,4H,3,5H2,(H,22,24). The van der Waals surface area contributed by atoms with Crippen LogP contribution in [0.15, 0.2) is 18.3 Å². The van der Waals surface area contributed by atoms with E-state index in [2.05, 4.69) is 26.3 Å². The Kier molecular flexibility index (Phi) is 6.47. The van der Waals surface area contributed by atoms with Gasteiger partial charge < -0.3 is 4.74 Å². The number of benzene rings is 1. The number of carbonyl (C=O) groups is 1. The van der Waals surface area contributed by atoms with Gasteiger partial charge >= 0.3 is 6.09 Å². The third-order valence-electron chi connectivity index (χ3n) is 2.79. The van der Waals surface area contributed by atoms with Crippen molar-refractivity contribution in [1.82, 2.24) is 9.78 Å². The molecule has 0 saturated heterocycles. The fourth-order valence-corrected chi connectivity index (χ4v) is 2.53. The molecule has 12 heteroatoms. The quantitative estimate of drug-likeness (QED) is 0.618. The van der Waals surface area contributed by atoms with Crippen LogP contribution in [0, 0.1) is 17.5 Å². The summed E-state index contributed by atoms with van der Waals surface area (Å²) in [4.78, 5) is 11.7. The number of halogens is 7. The summed E-state index contributed by atoms with van der Waals surface area (Å²) >= 11 is 19.5. The summed E-state index contributed by atoms with van der Waals surface area (Å²) in [6, 6.07) is 1.03. The van der Waals surface area contributed by atoms with Crippen molar-refractivity contribution >= 4 is 62.5 Å². The molecular formula is C13H8BrCl3F3N3O2. The topological polar surface area (TPSA) is 56.2 Å². The average molecular weight is 481 g/mol. The Balaban J connectivity index is 2.29. The summed E-state index contributed by atoms with van der Waals surface area (Å²) in [5.74, 6) is -3.39. The molecule has 5 nitrogen and oxygen atoms in total. The number of aromatic nitrogens is 2. The SMILES string of the molecule is O=C(Nc1cnn(-c2c(F)cc(F)cc2F)c1CBr)OCC(Cl)(Cl)Cl. The lowest BCUT2D eigenvalue weighted by Gasteiger charge is -2.12. The van der Waals surface area contributed by atoms with Gasteiger partial charge in [0, 0.05) is 17.5 Å². The van der Waals surface area contributed by atoms with Gasteiger partial charge in [-0.2, -0.15) is 5.10 Å². The van der Waals surface area contributed by atoms with E-state index in [9.17, 15) is 18.0 Å². The molecule has 0 aliphatic carbocycles. The summed E-state index contributed by atoms with van der Waals surface area (Å²) in [6.07, 6.45) is 0.170. The first-order valence-corrected chi connectivity index (χ1v) is 8.66. The first-order valence-electron chi connectivity index (χ1n) is 6.40. The average Bonchev–Trinajstić information content (AvgIpc) is 2.86. The van der Waals surface area contributed by atoms with Crippen molar-refractivity contribution in [2.24, 2.45) is 0 Å². The molecule has 1 heterocycles. The van der Waals surface area contributed by atoms with Crippen LogP contribution in [0.2, 0.25) is 0 Å². The number of ether oxygens (including phenoxy) is 1. The van der Waals surface area contributed by atoms with E-state index in [1.807, 2.05) is 0 Å². The second-order valence-corrected chi connectivity index (χ2v) is 7.66. The van der Waals surface area contributed by atoms with Gasteiger partial charge in [-0.1, -0.05) is 50.7 Å². The number of nitrogens with zero attached hydrogens (tertiary/aromatic N) is 2. The number of rotatable bonds is 4. The Morgan fingerprint density at radius 2 is 1.88 bits per heavy atom. The molecule has 1 N–H and O–H groups in total. The number of nitrogens with one attached hydrogen (secondary N) is 1. The number of hydrogen-bond donors (Lipinski definition) is 1. The lowest BCUT2D eigenvalue weighted by atomic mass is 10.2. The van der Waals surface area contributed by atoms with Crippen molar-refractivity contribution in [1.29, 1.82) is 0 Å². The van der Waals surface area contributed by atoms with Crippen LogP contribution in [0.5, 0.6) is 0 Å². The smallest absolute Gasteiger partial charge is 0.411 e. The van der Waals surface area contributed by atoms with Crippen LogP contribution < -0.4 is 5.32 Å². The minimum absolute atomic E-state index is 0.0589.